The number of carbonyl (C=O) groups excluding carboxylic acids is 2. The van der Waals surface area contributed by atoms with Crippen molar-refractivity contribution in [2.75, 3.05) is 21.3 Å². The number of nitrogens with one attached hydrogen (secondary N) is 1. The van der Waals surface area contributed by atoms with E-state index in [9.17, 15) is 9.59 Å². The van der Waals surface area contributed by atoms with E-state index in [4.69, 9.17) is 14.2 Å². The minimum absolute atomic E-state index is 0.213. The smallest absolute Gasteiger partial charge is 0.333 e. The molecule has 1 aliphatic heterocycles. The minimum atomic E-state index is -0.915. The van der Waals surface area contributed by atoms with Crippen molar-refractivity contribution in [3.63, 3.8) is 0 Å². The maximum absolute atomic E-state index is 13.9. The molecule has 0 bridgehead atoms. The molecule has 0 spiro atoms. The zero-order valence-corrected chi connectivity index (χ0v) is 19.5. The standard InChI is InChI=1S/C27H28N2O5/c1-32-22-14-20-21(15-23(22)33-2)25(27(31)34-3)29(17-19-12-8-5-9-13-19)26(30)24(20)28-16-18-10-6-4-7-11-18/h4-15,24-25,28H,16-17H2,1-3H3/t24-,25+/m0/s1. The zero-order valence-electron chi connectivity index (χ0n) is 19.5. The second kappa shape index (κ2) is 10.4. The van der Waals surface area contributed by atoms with Crippen LogP contribution < -0.4 is 14.8 Å². The van der Waals surface area contributed by atoms with E-state index in [0.717, 1.165) is 11.1 Å². The van der Waals surface area contributed by atoms with Gasteiger partial charge in [0.1, 0.15) is 6.04 Å². The largest absolute Gasteiger partial charge is 0.493 e. The average Bonchev–Trinajstić information content (AvgIpc) is 2.88. The predicted octanol–water partition coefficient (Wildman–Crippen LogP) is 3.79. The molecule has 7 nitrogen and oxygen atoms in total. The third-order valence-electron chi connectivity index (χ3n) is 6.01. The number of nitrogens with zero attached hydrogens (tertiary/aromatic N) is 1. The van der Waals surface area contributed by atoms with E-state index in [0.29, 0.717) is 29.2 Å². The van der Waals surface area contributed by atoms with Gasteiger partial charge in [-0.05, 0) is 34.4 Å². The molecule has 176 valence electrons. The summed E-state index contributed by atoms with van der Waals surface area (Å²) in [5, 5.41) is 3.39. The van der Waals surface area contributed by atoms with E-state index in [1.54, 1.807) is 24.1 Å². The van der Waals surface area contributed by atoms with Gasteiger partial charge >= 0.3 is 5.97 Å². The molecule has 2 atom stereocenters. The summed E-state index contributed by atoms with van der Waals surface area (Å²) in [6.07, 6.45) is 0. The van der Waals surface area contributed by atoms with Crippen LogP contribution >= 0.6 is 0 Å². The van der Waals surface area contributed by atoms with Gasteiger partial charge in [0, 0.05) is 13.1 Å². The molecule has 4 rings (SSSR count). The lowest BCUT2D eigenvalue weighted by Crippen LogP contribution is -2.49. The quantitative estimate of drug-likeness (QED) is 0.516. The number of hydrogen-bond donors (Lipinski definition) is 1. The molecule has 7 heteroatoms. The molecule has 0 aromatic heterocycles. The van der Waals surface area contributed by atoms with Crippen LogP contribution in [0.1, 0.15) is 34.3 Å². The summed E-state index contributed by atoms with van der Waals surface area (Å²) in [5.41, 5.74) is 3.27. The Hall–Kier alpha value is -3.84. The molecule has 1 aliphatic rings. The van der Waals surface area contributed by atoms with Crippen LogP contribution in [0.15, 0.2) is 72.8 Å². The van der Waals surface area contributed by atoms with Crippen molar-refractivity contribution in [1.82, 2.24) is 10.2 Å². The average molecular weight is 461 g/mol. The number of carbonyl (C=O) groups is 2. The number of fused-ring (bicyclic) bond motifs is 1. The molecule has 3 aromatic carbocycles. The molecule has 0 fully saturated rings. The summed E-state index contributed by atoms with van der Waals surface area (Å²) in [6.45, 7) is 0.740. The second-order valence-corrected chi connectivity index (χ2v) is 8.01. The van der Waals surface area contributed by atoms with Crippen molar-refractivity contribution in [2.24, 2.45) is 0 Å². The molecule has 0 unspecified atom stereocenters. The third kappa shape index (κ3) is 4.61. The zero-order chi connectivity index (χ0) is 24.1. The molecule has 3 aromatic rings. The van der Waals surface area contributed by atoms with Crippen molar-refractivity contribution in [1.29, 1.82) is 0 Å². The first kappa shape index (κ1) is 23.3. The minimum Gasteiger partial charge on any atom is -0.493 e. The van der Waals surface area contributed by atoms with Crippen LogP contribution in [0.2, 0.25) is 0 Å². The Bertz CT molecular complexity index is 1150. The third-order valence-corrected chi connectivity index (χ3v) is 6.01. The van der Waals surface area contributed by atoms with Gasteiger partial charge in [-0.1, -0.05) is 60.7 Å². The van der Waals surface area contributed by atoms with E-state index in [-0.39, 0.29) is 12.5 Å². The molecule has 0 saturated heterocycles. The number of amides is 1. The highest BCUT2D eigenvalue weighted by Crippen LogP contribution is 2.43. The fraction of sp³-hybridized carbons (Fsp3) is 0.259. The maximum atomic E-state index is 13.9. The van der Waals surface area contributed by atoms with E-state index in [1.807, 2.05) is 60.7 Å². The number of ether oxygens (including phenoxy) is 3. The summed E-state index contributed by atoms with van der Waals surface area (Å²) >= 11 is 0. The van der Waals surface area contributed by atoms with Crippen LogP contribution in [-0.4, -0.2) is 38.1 Å². The first-order chi connectivity index (χ1) is 16.6. The molecule has 0 saturated carbocycles. The lowest BCUT2D eigenvalue weighted by molar-refractivity contribution is -0.156. The molecule has 0 radical (unpaired) electrons. The van der Waals surface area contributed by atoms with Crippen molar-refractivity contribution in [2.45, 2.75) is 25.2 Å². The first-order valence-corrected chi connectivity index (χ1v) is 11.0. The fourth-order valence-corrected chi connectivity index (χ4v) is 4.32. The Labute approximate surface area is 199 Å². The van der Waals surface area contributed by atoms with Crippen LogP contribution in [0.25, 0.3) is 0 Å². The van der Waals surface area contributed by atoms with Crippen LogP contribution in [-0.2, 0) is 27.4 Å². The van der Waals surface area contributed by atoms with Gasteiger partial charge in [0.25, 0.3) is 0 Å². The first-order valence-electron chi connectivity index (χ1n) is 11.0. The molecule has 1 heterocycles. The van der Waals surface area contributed by atoms with Gasteiger partial charge in [-0.2, -0.15) is 0 Å². The highest BCUT2D eigenvalue weighted by atomic mass is 16.5. The molecular weight excluding hydrogens is 432 g/mol. The molecule has 1 amide bonds. The number of esters is 1. The lowest BCUT2D eigenvalue weighted by atomic mass is 9.87. The van der Waals surface area contributed by atoms with E-state index < -0.39 is 18.1 Å². The lowest BCUT2D eigenvalue weighted by Gasteiger charge is -2.40. The van der Waals surface area contributed by atoms with E-state index in [1.165, 1.54) is 14.2 Å². The topological polar surface area (TPSA) is 77.1 Å². The summed E-state index contributed by atoms with van der Waals surface area (Å²) in [5.74, 6) is 0.237. The summed E-state index contributed by atoms with van der Waals surface area (Å²) < 4.78 is 16.1. The summed E-state index contributed by atoms with van der Waals surface area (Å²) in [7, 11) is 4.41. The summed E-state index contributed by atoms with van der Waals surface area (Å²) in [4.78, 5) is 28.5. The predicted molar refractivity (Wildman–Crippen MR) is 127 cm³/mol. The van der Waals surface area contributed by atoms with Crippen LogP contribution in [0.5, 0.6) is 11.5 Å². The molecule has 34 heavy (non-hydrogen) atoms. The molecule has 1 N–H and O–H groups in total. The number of rotatable bonds is 8. The SMILES string of the molecule is COC(=O)[C@H]1c2cc(OC)c(OC)cc2[C@H](NCc2ccccc2)C(=O)N1Cc1ccccc1. The summed E-state index contributed by atoms with van der Waals surface area (Å²) in [6, 6.07) is 21.4. The van der Waals surface area contributed by atoms with Gasteiger partial charge in [0.2, 0.25) is 5.91 Å². The van der Waals surface area contributed by atoms with Crippen molar-refractivity contribution < 1.29 is 23.8 Å². The van der Waals surface area contributed by atoms with Crippen LogP contribution in [0.3, 0.4) is 0 Å². The van der Waals surface area contributed by atoms with Gasteiger partial charge in [-0.25, -0.2) is 4.79 Å². The van der Waals surface area contributed by atoms with Gasteiger partial charge in [0.05, 0.1) is 21.3 Å². The van der Waals surface area contributed by atoms with Crippen LogP contribution in [0.4, 0.5) is 0 Å². The van der Waals surface area contributed by atoms with Gasteiger partial charge in [0.15, 0.2) is 17.5 Å². The number of benzene rings is 3. The van der Waals surface area contributed by atoms with Gasteiger partial charge < -0.3 is 19.1 Å². The van der Waals surface area contributed by atoms with Crippen molar-refractivity contribution in [3.8, 4) is 11.5 Å². The maximum Gasteiger partial charge on any atom is 0.333 e. The fourth-order valence-electron chi connectivity index (χ4n) is 4.32. The number of hydrogen-bond acceptors (Lipinski definition) is 6. The Balaban J connectivity index is 1.81. The monoisotopic (exact) mass is 460 g/mol. The number of methoxy groups -OCH3 is 3. The second-order valence-electron chi connectivity index (χ2n) is 8.01. The van der Waals surface area contributed by atoms with Crippen molar-refractivity contribution >= 4 is 11.9 Å². The Kier molecular flexibility index (Phi) is 7.13. The highest BCUT2D eigenvalue weighted by Gasteiger charge is 2.44. The highest BCUT2D eigenvalue weighted by molar-refractivity contribution is 5.93. The molecule has 0 aliphatic carbocycles. The Morgan fingerprint density at radius 1 is 0.853 bits per heavy atom. The van der Waals surface area contributed by atoms with Gasteiger partial charge in [-0.15, -0.1) is 0 Å². The van der Waals surface area contributed by atoms with Gasteiger partial charge in [-0.3, -0.25) is 10.1 Å². The van der Waals surface area contributed by atoms with E-state index in [2.05, 4.69) is 5.32 Å². The Morgan fingerprint density at radius 3 is 1.97 bits per heavy atom. The van der Waals surface area contributed by atoms with Crippen molar-refractivity contribution in [3.05, 3.63) is 95.1 Å². The normalized spacial score (nSPS) is 17.1. The Morgan fingerprint density at radius 2 is 1.41 bits per heavy atom. The van der Waals surface area contributed by atoms with Crippen LogP contribution in [0, 0.1) is 0 Å². The molecular formula is C27H28N2O5. The van der Waals surface area contributed by atoms with E-state index >= 15 is 0 Å².